The Balaban J connectivity index is 1.73. The number of ether oxygens (including phenoxy) is 1. The Morgan fingerprint density at radius 3 is 2.70 bits per heavy atom. The van der Waals surface area contributed by atoms with Crippen LogP contribution in [0.5, 0.6) is 0 Å². The Kier molecular flexibility index (Phi) is 6.97. The Labute approximate surface area is 194 Å². The summed E-state index contributed by atoms with van der Waals surface area (Å²) in [5.41, 5.74) is 4.28. The molecule has 1 aromatic rings. The zero-order valence-electron chi connectivity index (χ0n) is 19.6. The third-order valence-corrected chi connectivity index (χ3v) is 6.10. The minimum atomic E-state index is -0.498. The lowest BCUT2D eigenvalue weighted by Gasteiger charge is -2.22. The molecule has 0 saturated carbocycles. The fraction of sp³-hybridized carbons (Fsp3) is 0.357. The highest BCUT2D eigenvalue weighted by Crippen LogP contribution is 2.39. The summed E-state index contributed by atoms with van der Waals surface area (Å²) >= 11 is 0. The summed E-state index contributed by atoms with van der Waals surface area (Å²) in [7, 11) is 0. The molecule has 0 spiro atoms. The van der Waals surface area contributed by atoms with Gasteiger partial charge in [0, 0.05) is 47.4 Å². The van der Waals surface area contributed by atoms with E-state index in [1.54, 1.807) is 6.07 Å². The summed E-state index contributed by atoms with van der Waals surface area (Å²) < 4.78 is 12.1. The molecule has 1 fully saturated rings. The van der Waals surface area contributed by atoms with Gasteiger partial charge in [-0.3, -0.25) is 9.59 Å². The fourth-order valence-corrected chi connectivity index (χ4v) is 4.64. The van der Waals surface area contributed by atoms with E-state index in [9.17, 15) is 9.59 Å². The lowest BCUT2D eigenvalue weighted by atomic mass is 9.95. The van der Waals surface area contributed by atoms with E-state index in [0.29, 0.717) is 11.3 Å². The number of hydrogen-bond donors (Lipinski definition) is 0. The minimum Gasteiger partial charge on any atom is -0.457 e. The second-order valence-corrected chi connectivity index (χ2v) is 8.54. The maximum absolute atomic E-state index is 12.8. The number of rotatable bonds is 7. The lowest BCUT2D eigenvalue weighted by molar-refractivity contribution is -0.147. The molecule has 3 aliphatic rings. The summed E-state index contributed by atoms with van der Waals surface area (Å²) in [6.07, 6.45) is 8.86. The van der Waals surface area contributed by atoms with Gasteiger partial charge in [-0.2, -0.15) is 0 Å². The highest BCUT2D eigenvalue weighted by Gasteiger charge is 2.24. The predicted molar refractivity (Wildman–Crippen MR) is 133 cm³/mol. The van der Waals surface area contributed by atoms with Crippen molar-refractivity contribution in [3.05, 3.63) is 76.0 Å². The minimum absolute atomic E-state index is 0.113. The molecule has 1 aliphatic carbocycles. The van der Waals surface area contributed by atoms with Gasteiger partial charge in [-0.25, -0.2) is 0 Å². The molecule has 5 nitrogen and oxygen atoms in total. The van der Waals surface area contributed by atoms with E-state index in [0.717, 1.165) is 47.3 Å². The van der Waals surface area contributed by atoms with Crippen molar-refractivity contribution >= 4 is 22.6 Å². The van der Waals surface area contributed by atoms with Crippen LogP contribution in [0.2, 0.25) is 0 Å². The van der Waals surface area contributed by atoms with Crippen molar-refractivity contribution in [2.24, 2.45) is 0 Å². The number of fused-ring (bicyclic) bond motifs is 2. The molecule has 0 radical (unpaired) electrons. The Hall–Kier alpha value is -3.34. The molecule has 2 heterocycles. The highest BCUT2D eigenvalue weighted by atomic mass is 16.5. The molecule has 1 atom stereocenters. The van der Waals surface area contributed by atoms with Crippen LogP contribution in [0, 0.1) is 0 Å². The van der Waals surface area contributed by atoms with Crippen molar-refractivity contribution in [3.63, 3.8) is 0 Å². The van der Waals surface area contributed by atoms with Crippen molar-refractivity contribution in [1.29, 1.82) is 0 Å². The molecule has 1 unspecified atom stereocenters. The standard InChI is InChI=1S/C28H31NO4/c1-4-8-20(9-5-2)16-27(31)32-19(3)28-23-12-10-21(29-14-6-7-15-29)17-25(23)33-26-18-22(30)11-13-24(26)28/h4,8-13,17-19H,5-7,14-16H2,1-3H3/b8-4-,20-9+. The van der Waals surface area contributed by atoms with Crippen LogP contribution in [-0.2, 0) is 9.53 Å². The average Bonchev–Trinajstić information content (AvgIpc) is 3.32. The van der Waals surface area contributed by atoms with Crippen molar-refractivity contribution in [3.8, 4) is 11.3 Å². The number of hydrogen-bond acceptors (Lipinski definition) is 5. The third-order valence-electron chi connectivity index (χ3n) is 6.10. The van der Waals surface area contributed by atoms with E-state index in [1.807, 2.05) is 51.1 Å². The first kappa shape index (κ1) is 22.8. The smallest absolute Gasteiger partial charge is 0.310 e. The number of allylic oxidation sites excluding steroid dienone is 3. The molecule has 5 heteroatoms. The van der Waals surface area contributed by atoms with Gasteiger partial charge in [0.1, 0.15) is 17.4 Å². The molecule has 0 N–H and O–H groups in total. The van der Waals surface area contributed by atoms with Crippen LogP contribution in [0.15, 0.2) is 69.4 Å². The van der Waals surface area contributed by atoms with E-state index in [2.05, 4.69) is 11.0 Å². The molecule has 1 saturated heterocycles. The van der Waals surface area contributed by atoms with Crippen LogP contribution in [0.3, 0.4) is 0 Å². The quantitative estimate of drug-likeness (QED) is 0.239. The van der Waals surface area contributed by atoms with E-state index >= 15 is 0 Å². The molecule has 33 heavy (non-hydrogen) atoms. The molecule has 172 valence electrons. The van der Waals surface area contributed by atoms with Crippen molar-refractivity contribution < 1.29 is 13.9 Å². The molecule has 1 aromatic carbocycles. The first-order valence-corrected chi connectivity index (χ1v) is 11.8. The molecule has 0 aromatic heterocycles. The van der Waals surface area contributed by atoms with Gasteiger partial charge in [0.2, 0.25) is 0 Å². The second-order valence-electron chi connectivity index (χ2n) is 8.54. The molecule has 0 amide bonds. The first-order chi connectivity index (χ1) is 16.0. The number of nitrogens with zero attached hydrogens (tertiary/aromatic N) is 1. The van der Waals surface area contributed by atoms with E-state index in [4.69, 9.17) is 9.15 Å². The first-order valence-electron chi connectivity index (χ1n) is 11.8. The van der Waals surface area contributed by atoms with Crippen molar-refractivity contribution in [2.75, 3.05) is 18.0 Å². The SMILES string of the molecule is C/C=C\C(=C/CC)CC(=O)OC(C)c1c2ccc(=O)cc-2oc2cc(N3CCCC3)ccc12. The van der Waals surface area contributed by atoms with Gasteiger partial charge in [0.25, 0.3) is 0 Å². The average molecular weight is 446 g/mol. The van der Waals surface area contributed by atoms with Crippen LogP contribution in [0.4, 0.5) is 5.69 Å². The normalized spacial score (nSPS) is 15.6. The number of benzene rings is 2. The Bertz CT molecular complexity index is 1230. The van der Waals surface area contributed by atoms with Crippen molar-refractivity contribution in [2.45, 2.75) is 52.6 Å². The van der Waals surface area contributed by atoms with Crippen LogP contribution < -0.4 is 10.3 Å². The van der Waals surface area contributed by atoms with Gasteiger partial charge in [-0.1, -0.05) is 25.2 Å². The summed E-state index contributed by atoms with van der Waals surface area (Å²) in [4.78, 5) is 27.1. The van der Waals surface area contributed by atoms with Gasteiger partial charge in [-0.05, 0) is 62.9 Å². The Morgan fingerprint density at radius 1 is 1.18 bits per heavy atom. The monoisotopic (exact) mass is 445 g/mol. The van der Waals surface area contributed by atoms with Crippen LogP contribution in [-0.4, -0.2) is 19.1 Å². The zero-order valence-corrected chi connectivity index (χ0v) is 19.6. The van der Waals surface area contributed by atoms with Crippen LogP contribution in [0.25, 0.3) is 22.3 Å². The summed E-state index contributed by atoms with van der Waals surface area (Å²) in [5.74, 6) is 0.225. The third kappa shape index (κ3) is 5.03. The Morgan fingerprint density at radius 2 is 1.97 bits per heavy atom. The largest absolute Gasteiger partial charge is 0.457 e. The summed E-state index contributed by atoms with van der Waals surface area (Å²) in [6.45, 7) is 7.92. The topological polar surface area (TPSA) is 59.8 Å². The van der Waals surface area contributed by atoms with Crippen LogP contribution >= 0.6 is 0 Å². The maximum Gasteiger partial charge on any atom is 0.310 e. The van der Waals surface area contributed by atoms with Crippen molar-refractivity contribution in [1.82, 2.24) is 0 Å². The molecule has 4 rings (SSSR count). The number of anilines is 1. The molecular weight excluding hydrogens is 414 g/mol. The van der Waals surface area contributed by atoms with Gasteiger partial charge in [0.05, 0.1) is 6.42 Å². The summed E-state index contributed by atoms with van der Waals surface area (Å²) in [5, 5.41) is 0.891. The van der Waals surface area contributed by atoms with Gasteiger partial charge < -0.3 is 14.1 Å². The number of carbonyl (C=O) groups is 1. The predicted octanol–water partition coefficient (Wildman–Crippen LogP) is 6.40. The van der Waals surface area contributed by atoms with E-state index in [1.165, 1.54) is 25.0 Å². The maximum atomic E-state index is 12.8. The van der Waals surface area contributed by atoms with Gasteiger partial charge in [-0.15, -0.1) is 0 Å². The summed E-state index contributed by atoms with van der Waals surface area (Å²) in [6, 6.07) is 11.0. The molecular formula is C28H31NO4. The van der Waals surface area contributed by atoms with E-state index < -0.39 is 6.10 Å². The zero-order chi connectivity index (χ0) is 23.4. The molecule has 0 bridgehead atoms. The van der Waals surface area contributed by atoms with E-state index in [-0.39, 0.29) is 17.8 Å². The highest BCUT2D eigenvalue weighted by molar-refractivity contribution is 5.91. The van der Waals surface area contributed by atoms with Gasteiger partial charge >= 0.3 is 5.97 Å². The second kappa shape index (κ2) is 10.1. The number of carbonyl (C=O) groups excluding carboxylic acids is 1. The molecule has 2 aliphatic heterocycles. The van der Waals surface area contributed by atoms with Gasteiger partial charge in [0.15, 0.2) is 5.43 Å². The fourth-order valence-electron chi connectivity index (χ4n) is 4.64. The number of esters is 1. The lowest BCUT2D eigenvalue weighted by Crippen LogP contribution is -2.17. The van der Waals surface area contributed by atoms with Crippen LogP contribution in [0.1, 0.15) is 58.1 Å².